The van der Waals surface area contributed by atoms with Crippen molar-refractivity contribution < 1.29 is 75.3 Å². The molecule has 4 rings (SSSR count). The number of aliphatic hydroxyl groups excluding tert-OH is 1. The molecule has 8 radical (unpaired) electrons. The Morgan fingerprint density at radius 2 is 0.881 bits per heavy atom. The zero-order chi connectivity index (χ0) is 51.9. The number of phosphoric acid groups is 2. The molecule has 0 saturated carbocycles. The van der Waals surface area contributed by atoms with Crippen molar-refractivity contribution in [3.05, 3.63) is 0 Å². The summed E-state index contributed by atoms with van der Waals surface area (Å²) in [6, 6.07) is -1.51. The van der Waals surface area contributed by atoms with Crippen molar-refractivity contribution in [1.82, 2.24) is 0 Å². The van der Waals surface area contributed by atoms with Gasteiger partial charge in [-0.2, -0.15) is 0 Å². The summed E-state index contributed by atoms with van der Waals surface area (Å²) < 4.78 is 68.0. The summed E-state index contributed by atoms with van der Waals surface area (Å²) in [6.45, 7) is 5.27. The van der Waals surface area contributed by atoms with Gasteiger partial charge in [-0.1, -0.05) is 167 Å². The maximum Gasteiger partial charge on any atom is 0.532 e. The fraction of sp³-hybridized carbons (Fsp3) is 0.938. The minimum atomic E-state index is -4.54. The van der Waals surface area contributed by atoms with Crippen LogP contribution < -0.4 is 0 Å². The molecule has 0 spiro atoms. The molecular weight excluding hydrogens is 1200 g/mol. The van der Waals surface area contributed by atoms with Gasteiger partial charge in [0.15, 0.2) is 6.10 Å². The first-order valence-corrected chi connectivity index (χ1v) is 27.3. The largest absolute Gasteiger partial charge is 0.532 e. The average molecular weight is 1250 g/mol. The number of hydrogen-bond acceptors (Lipinski definition) is 17. The van der Waals surface area contributed by atoms with Gasteiger partial charge in [0.25, 0.3) is 0 Å². The van der Waals surface area contributed by atoms with E-state index in [2.05, 4.69) is 4.89 Å². The van der Waals surface area contributed by atoms with Crippen molar-refractivity contribution in [2.24, 2.45) is 23.7 Å². The first-order chi connectivity index (χ1) is 30.4. The van der Waals surface area contributed by atoms with E-state index in [0.29, 0.717) is 24.7 Å². The van der Waals surface area contributed by atoms with E-state index in [9.17, 15) is 13.9 Å². The van der Waals surface area contributed by atoms with Gasteiger partial charge in [-0.3, -0.25) is 23.4 Å². The topological polar surface area (TPSA) is 193 Å². The Morgan fingerprint density at radius 1 is 0.567 bits per heavy atom. The highest BCUT2D eigenvalue weighted by molar-refractivity contribution is 7.80. The van der Waals surface area contributed by atoms with Gasteiger partial charge in [-0.25, -0.2) is 18.8 Å². The molecule has 382 valence electrons. The van der Waals surface area contributed by atoms with E-state index in [1.54, 1.807) is 6.92 Å². The molecule has 35 heteroatoms. The van der Waals surface area contributed by atoms with Gasteiger partial charge in [0.2, 0.25) is 20.2 Å². The first kappa shape index (κ1) is 68.1. The van der Waals surface area contributed by atoms with E-state index < -0.39 is 87.4 Å². The second kappa shape index (κ2) is 30.8. The molecule has 0 bridgehead atoms. The predicted octanol–water partition coefficient (Wildman–Crippen LogP) is 9.76. The smallest absolute Gasteiger partial charge is 0.394 e. The Kier molecular flexibility index (Phi) is 31.3. The molecule has 12 atom stereocenters. The Morgan fingerprint density at radius 3 is 1.15 bits per heavy atom. The quantitative estimate of drug-likeness (QED) is 0.0393. The standard InChI is InChI=1S/C10H12BCl6O6P.C10H12BCl6O5PS.C6H11BO3.C6H11BO2/c1-5-2-6(11)22-7(5)8(18)23-24(19,20-3-9(12,13)14)21-4-10(15,16)17;1-5-2-6(11)21-7(5)8(24)22-23(18,19-3-9(12,13)14)20-4-10(15,16)17;1-4-2-6(7)10-5(4)3-9-8;1-4-2-6(7)9-5(4)3-8/h2*5-7H,2-4H2,1H3;4-6,8H,2-3H2,1H3;4-6,8H,2-3H2,1H3/t2*5?,6-,7+;2*4?,5-,6-/m1111/s1. The van der Waals surface area contributed by atoms with Gasteiger partial charge in [0.1, 0.15) is 70.5 Å². The molecule has 0 aliphatic carbocycles. The molecule has 67 heavy (non-hydrogen) atoms. The maximum absolute atomic E-state index is 12.7. The molecule has 0 aromatic rings. The van der Waals surface area contributed by atoms with Crippen LogP contribution in [-0.2, 0) is 64.9 Å². The van der Waals surface area contributed by atoms with Crippen LogP contribution >= 0.6 is 167 Å². The maximum atomic E-state index is 12.7. The van der Waals surface area contributed by atoms with Gasteiger partial charge in [0.05, 0.1) is 18.8 Å². The molecule has 4 saturated heterocycles. The number of carbonyl (C=O) groups is 1. The minimum absolute atomic E-state index is 0.0278. The van der Waals surface area contributed by atoms with Crippen LogP contribution in [0.15, 0.2) is 0 Å². The van der Waals surface area contributed by atoms with E-state index in [0.717, 1.165) is 12.8 Å². The Bertz CT molecular complexity index is 1480. The third kappa shape index (κ3) is 29.9. The van der Waals surface area contributed by atoms with Crippen LogP contribution in [0.3, 0.4) is 0 Å². The van der Waals surface area contributed by atoms with E-state index in [-0.39, 0.29) is 54.3 Å². The lowest BCUT2D eigenvalue weighted by Crippen LogP contribution is -2.28. The fourth-order valence-corrected chi connectivity index (χ4v) is 10.3. The number of phosphoric ester groups is 2. The van der Waals surface area contributed by atoms with E-state index >= 15 is 0 Å². The van der Waals surface area contributed by atoms with Crippen molar-refractivity contribution in [1.29, 1.82) is 0 Å². The zero-order valence-electron chi connectivity index (χ0n) is 35.8. The molecule has 16 nitrogen and oxygen atoms in total. The molecule has 4 aliphatic rings. The van der Waals surface area contributed by atoms with Crippen LogP contribution in [0.5, 0.6) is 0 Å². The predicted molar refractivity (Wildman–Crippen MR) is 268 cm³/mol. The molecule has 4 unspecified atom stereocenters. The lowest BCUT2D eigenvalue weighted by atomic mass is 9.92. The summed E-state index contributed by atoms with van der Waals surface area (Å²) in [4.78, 5) is 16.1. The van der Waals surface area contributed by atoms with Crippen molar-refractivity contribution in [2.45, 2.75) is 117 Å². The van der Waals surface area contributed by atoms with Crippen LogP contribution in [0.4, 0.5) is 0 Å². The molecule has 4 heterocycles. The molecule has 2 N–H and O–H groups in total. The van der Waals surface area contributed by atoms with E-state index in [1.165, 1.54) is 0 Å². The summed E-state index contributed by atoms with van der Waals surface area (Å²) in [5, 5.41) is 16.6. The van der Waals surface area contributed by atoms with Crippen molar-refractivity contribution in [3.63, 3.8) is 0 Å². The molecule has 0 aromatic heterocycles. The minimum Gasteiger partial charge on any atom is -0.394 e. The molecule has 0 aromatic carbocycles. The Balaban J connectivity index is 0.000000485. The number of thiocarbonyl (C=S) groups is 1. The van der Waals surface area contributed by atoms with Crippen LogP contribution in [0.1, 0.15) is 53.4 Å². The second-order valence-electron chi connectivity index (χ2n) is 15.2. The molecular formula is C32H46B4Cl12O16P2S. The van der Waals surface area contributed by atoms with Crippen LogP contribution in [0.2, 0.25) is 0 Å². The highest BCUT2D eigenvalue weighted by Gasteiger charge is 2.44. The summed E-state index contributed by atoms with van der Waals surface area (Å²) in [5.41, 5.74) is 0. The monoisotopic (exact) mass is 1240 g/mol. The van der Waals surface area contributed by atoms with Crippen LogP contribution in [-0.4, -0.2) is 156 Å². The molecule has 4 fully saturated rings. The number of hydrogen-bond donors (Lipinski definition) is 2. The number of alkyl halides is 12. The summed E-state index contributed by atoms with van der Waals surface area (Å²) in [5.74, 6) is -0.579. The van der Waals surface area contributed by atoms with Crippen molar-refractivity contribution in [3.8, 4) is 0 Å². The number of rotatable bonds is 15. The van der Waals surface area contributed by atoms with Crippen LogP contribution in [0.25, 0.3) is 0 Å². The Hall–Kier alpha value is 3.12. The lowest BCUT2D eigenvalue weighted by molar-refractivity contribution is -0.259. The molecule has 4 aliphatic heterocycles. The summed E-state index contributed by atoms with van der Waals surface area (Å²) in [7, 11) is 13.3. The van der Waals surface area contributed by atoms with Crippen LogP contribution in [0, 0.1) is 23.7 Å². The third-order valence-electron chi connectivity index (χ3n) is 8.89. The SMILES string of the molecule is [B][C@H]1CC(C)[C@@H](C(=O)OP(=O)(OCC(Cl)(Cl)Cl)OCC(Cl)(Cl)Cl)O1.[B][C@H]1CC(C)[C@@H](C(=S)OP(=O)(OCC(Cl)(Cl)Cl)OCC(Cl)(Cl)Cl)O1.[B][C@H]1CC(C)[C@@H](CO)O1.[B][C@H]1CC(C)[C@@H](COO)O1. The first-order valence-electron chi connectivity index (χ1n) is 19.4. The van der Waals surface area contributed by atoms with E-state index in [4.69, 9.17) is 239 Å². The number of ether oxygens (including phenoxy) is 4. The normalized spacial score (nSPS) is 30.3. The van der Waals surface area contributed by atoms with Gasteiger partial charge < -0.3 is 33.1 Å². The number of aliphatic hydroxyl groups is 1. The Labute approximate surface area is 461 Å². The average Bonchev–Trinajstić information content (AvgIpc) is 3.91. The summed E-state index contributed by atoms with van der Waals surface area (Å²) in [6.07, 6.45) is 0.854. The van der Waals surface area contributed by atoms with Gasteiger partial charge in [-0.15, -0.1) is 0 Å². The highest BCUT2D eigenvalue weighted by Crippen LogP contribution is 2.55. The van der Waals surface area contributed by atoms with Crippen molar-refractivity contribution in [2.75, 3.05) is 39.6 Å². The second-order valence-corrected chi connectivity index (χ2v) is 28.9. The van der Waals surface area contributed by atoms with Gasteiger partial charge in [0, 0.05) is 24.0 Å². The van der Waals surface area contributed by atoms with Gasteiger partial charge >= 0.3 is 21.6 Å². The lowest BCUT2D eigenvalue weighted by Gasteiger charge is -2.24. The van der Waals surface area contributed by atoms with Gasteiger partial charge in [-0.05, 0) is 61.6 Å². The van der Waals surface area contributed by atoms with Crippen molar-refractivity contribution >= 4 is 209 Å². The fourth-order valence-electron chi connectivity index (χ4n) is 5.79. The van der Waals surface area contributed by atoms with E-state index in [1.807, 2.05) is 20.8 Å². The highest BCUT2D eigenvalue weighted by atomic mass is 35.6. The third-order valence-corrected chi connectivity index (χ3v) is 13.2. The zero-order valence-corrected chi connectivity index (χ0v) is 47.4. The summed E-state index contributed by atoms with van der Waals surface area (Å²) >= 11 is 71.4. The number of carbonyl (C=O) groups excluding carboxylic acids is 1. The molecule has 0 amide bonds. The number of halogens is 12.